The Morgan fingerprint density at radius 2 is 1.61 bits per heavy atom. The summed E-state index contributed by atoms with van der Waals surface area (Å²) in [4.78, 5) is 0. The number of aryl methyl sites for hydroxylation is 1. The zero-order valence-electron chi connectivity index (χ0n) is 17.0. The van der Waals surface area contributed by atoms with E-state index in [-0.39, 0.29) is 11.5 Å². The second-order valence-electron chi connectivity index (χ2n) is 6.87. The molecular weight excluding hydrogens is 396 g/mol. The van der Waals surface area contributed by atoms with Crippen molar-refractivity contribution in [2.24, 2.45) is 0 Å². The van der Waals surface area contributed by atoms with E-state index in [0.29, 0.717) is 53.6 Å². The predicted octanol–water partition coefficient (Wildman–Crippen LogP) is 4.25. The molecule has 0 aliphatic rings. The molecular formula is C23H22N4O4. The van der Waals surface area contributed by atoms with Gasteiger partial charge in [-0.1, -0.05) is 36.4 Å². The Hall–Kier alpha value is -3.91. The highest BCUT2D eigenvalue weighted by Crippen LogP contribution is 2.43. The zero-order chi connectivity index (χ0) is 21.6. The van der Waals surface area contributed by atoms with Gasteiger partial charge in [0, 0.05) is 37.5 Å². The number of hydrogen-bond donors (Lipinski definition) is 2. The number of phenols is 2. The highest BCUT2D eigenvalue weighted by Gasteiger charge is 2.19. The lowest BCUT2D eigenvalue weighted by Gasteiger charge is -2.14. The number of rotatable bonds is 8. The third-order valence-corrected chi connectivity index (χ3v) is 4.75. The topological polar surface area (TPSA) is 103 Å². The van der Waals surface area contributed by atoms with E-state index in [1.807, 2.05) is 54.6 Å². The summed E-state index contributed by atoms with van der Waals surface area (Å²) in [5.74, 6) is 1.45. The second-order valence-corrected chi connectivity index (χ2v) is 6.87. The maximum Gasteiger partial charge on any atom is 0.185 e. The maximum atomic E-state index is 10.6. The van der Waals surface area contributed by atoms with E-state index in [1.54, 1.807) is 17.9 Å². The quantitative estimate of drug-likeness (QED) is 0.412. The standard InChI is InChI=1S/C23H22N4O4/c1-30-13-7-12-27-23(24-25-26-27)19-14-18(20(28)15-21(19)29)17-10-5-6-11-22(17)31-16-8-3-2-4-9-16/h2-6,8-11,14-15,28-29H,7,12-13H2,1H3. The Bertz CT molecular complexity index is 1160. The third-order valence-electron chi connectivity index (χ3n) is 4.75. The Labute approximate surface area is 179 Å². The van der Waals surface area contributed by atoms with Crippen molar-refractivity contribution in [3.05, 3.63) is 66.7 Å². The fourth-order valence-corrected chi connectivity index (χ4v) is 3.27. The van der Waals surface area contributed by atoms with Crippen molar-refractivity contribution in [3.63, 3.8) is 0 Å². The van der Waals surface area contributed by atoms with Crippen LogP contribution in [0.15, 0.2) is 66.7 Å². The SMILES string of the molecule is COCCCn1nnnc1-c1cc(-c2ccccc2Oc2ccccc2)c(O)cc1O. The van der Waals surface area contributed by atoms with Crippen LogP contribution in [0, 0.1) is 0 Å². The first kappa shape index (κ1) is 20.4. The molecule has 8 heteroatoms. The first-order chi connectivity index (χ1) is 15.2. The molecule has 0 amide bonds. The normalized spacial score (nSPS) is 10.9. The number of hydrogen-bond acceptors (Lipinski definition) is 7. The molecule has 0 fully saturated rings. The summed E-state index contributed by atoms with van der Waals surface area (Å²) in [6, 6.07) is 19.7. The van der Waals surface area contributed by atoms with Crippen LogP contribution in [0.2, 0.25) is 0 Å². The number of aromatic nitrogens is 4. The molecule has 2 N–H and O–H groups in total. The molecule has 0 radical (unpaired) electrons. The molecule has 0 saturated carbocycles. The van der Waals surface area contributed by atoms with Gasteiger partial charge in [-0.3, -0.25) is 0 Å². The fraction of sp³-hybridized carbons (Fsp3) is 0.174. The highest BCUT2D eigenvalue weighted by atomic mass is 16.5. The van der Waals surface area contributed by atoms with Gasteiger partial charge in [-0.2, -0.15) is 0 Å². The van der Waals surface area contributed by atoms with Crippen LogP contribution in [0.1, 0.15) is 6.42 Å². The minimum atomic E-state index is -0.120. The first-order valence-electron chi connectivity index (χ1n) is 9.81. The first-order valence-corrected chi connectivity index (χ1v) is 9.81. The summed E-state index contributed by atoms with van der Waals surface area (Å²) < 4.78 is 12.7. The Morgan fingerprint density at radius 3 is 2.42 bits per heavy atom. The van der Waals surface area contributed by atoms with Gasteiger partial charge in [-0.25, -0.2) is 4.68 Å². The number of nitrogens with zero attached hydrogens (tertiary/aromatic N) is 4. The van der Waals surface area contributed by atoms with Gasteiger partial charge >= 0.3 is 0 Å². The number of ether oxygens (including phenoxy) is 2. The van der Waals surface area contributed by atoms with Crippen molar-refractivity contribution < 1.29 is 19.7 Å². The van der Waals surface area contributed by atoms with Crippen LogP contribution in [0.3, 0.4) is 0 Å². The summed E-state index contributed by atoms with van der Waals surface area (Å²) in [6.07, 6.45) is 0.716. The Balaban J connectivity index is 1.75. The number of benzene rings is 3. The molecule has 0 aliphatic carbocycles. The molecule has 0 aliphatic heterocycles. The lowest BCUT2D eigenvalue weighted by atomic mass is 9.99. The number of tetrazole rings is 1. The largest absolute Gasteiger partial charge is 0.507 e. The molecule has 3 aromatic carbocycles. The van der Waals surface area contributed by atoms with Gasteiger partial charge in [-0.15, -0.1) is 5.10 Å². The van der Waals surface area contributed by atoms with Gasteiger partial charge < -0.3 is 19.7 Å². The van der Waals surface area contributed by atoms with Crippen molar-refractivity contribution >= 4 is 0 Å². The number of phenolic OH excluding ortho intramolecular Hbond substituents is 2. The summed E-state index contributed by atoms with van der Waals surface area (Å²) >= 11 is 0. The highest BCUT2D eigenvalue weighted by molar-refractivity contribution is 5.82. The van der Waals surface area contributed by atoms with E-state index < -0.39 is 0 Å². The molecule has 0 unspecified atom stereocenters. The van der Waals surface area contributed by atoms with E-state index >= 15 is 0 Å². The molecule has 0 bridgehead atoms. The molecule has 158 valence electrons. The third kappa shape index (κ3) is 4.49. The van der Waals surface area contributed by atoms with Gasteiger partial charge in [0.15, 0.2) is 5.82 Å². The van der Waals surface area contributed by atoms with Gasteiger partial charge in [0.2, 0.25) is 0 Å². The molecule has 4 aromatic rings. The van der Waals surface area contributed by atoms with Crippen LogP contribution in [-0.2, 0) is 11.3 Å². The van der Waals surface area contributed by atoms with Gasteiger partial charge in [0.1, 0.15) is 23.0 Å². The maximum absolute atomic E-state index is 10.6. The smallest absolute Gasteiger partial charge is 0.185 e. The molecule has 0 saturated heterocycles. The summed E-state index contributed by atoms with van der Waals surface area (Å²) in [6.45, 7) is 1.09. The molecule has 0 spiro atoms. The van der Waals surface area contributed by atoms with Gasteiger partial charge in [-0.05, 0) is 41.1 Å². The molecule has 31 heavy (non-hydrogen) atoms. The number of methoxy groups -OCH3 is 1. The Morgan fingerprint density at radius 1 is 0.871 bits per heavy atom. The van der Waals surface area contributed by atoms with Crippen LogP contribution in [0.5, 0.6) is 23.0 Å². The van der Waals surface area contributed by atoms with Crippen molar-refractivity contribution in [2.45, 2.75) is 13.0 Å². The number of aromatic hydroxyl groups is 2. The summed E-state index contributed by atoms with van der Waals surface area (Å²) in [5, 5.41) is 32.9. The van der Waals surface area contributed by atoms with Crippen molar-refractivity contribution in [2.75, 3.05) is 13.7 Å². The van der Waals surface area contributed by atoms with E-state index in [1.165, 1.54) is 6.07 Å². The van der Waals surface area contributed by atoms with Gasteiger partial charge in [0.05, 0.1) is 5.56 Å². The minimum Gasteiger partial charge on any atom is -0.507 e. The number of para-hydroxylation sites is 2. The van der Waals surface area contributed by atoms with Crippen LogP contribution >= 0.6 is 0 Å². The summed E-state index contributed by atoms with van der Waals surface area (Å²) in [5.41, 5.74) is 1.57. The molecule has 0 atom stereocenters. The monoisotopic (exact) mass is 418 g/mol. The fourth-order valence-electron chi connectivity index (χ4n) is 3.27. The van der Waals surface area contributed by atoms with Crippen LogP contribution in [-0.4, -0.2) is 44.1 Å². The molecule has 1 heterocycles. The average Bonchev–Trinajstić information content (AvgIpc) is 3.24. The molecule has 8 nitrogen and oxygen atoms in total. The molecule has 1 aromatic heterocycles. The van der Waals surface area contributed by atoms with E-state index in [4.69, 9.17) is 9.47 Å². The lowest BCUT2D eigenvalue weighted by Crippen LogP contribution is -2.05. The van der Waals surface area contributed by atoms with Crippen LogP contribution in [0.25, 0.3) is 22.5 Å². The van der Waals surface area contributed by atoms with E-state index in [0.717, 1.165) is 0 Å². The van der Waals surface area contributed by atoms with Crippen LogP contribution < -0.4 is 4.74 Å². The van der Waals surface area contributed by atoms with E-state index in [2.05, 4.69) is 15.5 Å². The zero-order valence-corrected chi connectivity index (χ0v) is 17.0. The average molecular weight is 418 g/mol. The second kappa shape index (κ2) is 9.27. The lowest BCUT2D eigenvalue weighted by molar-refractivity contribution is 0.189. The Kier molecular flexibility index (Phi) is 6.09. The van der Waals surface area contributed by atoms with E-state index in [9.17, 15) is 10.2 Å². The minimum absolute atomic E-state index is 0.0798. The summed E-state index contributed by atoms with van der Waals surface area (Å²) in [7, 11) is 1.63. The van der Waals surface area contributed by atoms with Gasteiger partial charge in [0.25, 0.3) is 0 Å². The van der Waals surface area contributed by atoms with Crippen LogP contribution in [0.4, 0.5) is 0 Å². The predicted molar refractivity (Wildman–Crippen MR) is 115 cm³/mol. The molecule has 4 rings (SSSR count). The van der Waals surface area contributed by atoms with Crippen molar-refractivity contribution in [1.29, 1.82) is 0 Å². The van der Waals surface area contributed by atoms with Crippen molar-refractivity contribution in [1.82, 2.24) is 20.2 Å². The van der Waals surface area contributed by atoms with Crippen molar-refractivity contribution in [3.8, 4) is 45.5 Å².